The molecule has 214 valence electrons. The van der Waals surface area contributed by atoms with E-state index in [0.717, 1.165) is 23.8 Å². The third-order valence-electron chi connectivity index (χ3n) is 5.42. The van der Waals surface area contributed by atoms with Crippen molar-refractivity contribution in [3.05, 3.63) is 63.4 Å². The van der Waals surface area contributed by atoms with Crippen LogP contribution in [-0.4, -0.2) is 63.1 Å². The number of esters is 2. The van der Waals surface area contributed by atoms with Crippen LogP contribution in [0.25, 0.3) is 0 Å². The molecule has 2 aromatic rings. The van der Waals surface area contributed by atoms with Crippen molar-refractivity contribution in [3.8, 4) is 5.75 Å². The highest BCUT2D eigenvalue weighted by atomic mass is 31.2. The van der Waals surface area contributed by atoms with Crippen LogP contribution in [0.5, 0.6) is 5.75 Å². The second kappa shape index (κ2) is 12.3. The highest BCUT2D eigenvalue weighted by Gasteiger charge is 2.57. The van der Waals surface area contributed by atoms with E-state index < -0.39 is 73.7 Å². The highest BCUT2D eigenvalue weighted by molar-refractivity contribution is 7.52. The molecule has 1 aliphatic heterocycles. The van der Waals surface area contributed by atoms with Crippen molar-refractivity contribution < 1.29 is 45.3 Å². The number of para-hydroxylation sites is 1. The van der Waals surface area contributed by atoms with Crippen molar-refractivity contribution in [3.63, 3.8) is 0 Å². The number of aromatic nitrogens is 2. The zero-order valence-electron chi connectivity index (χ0n) is 23.9. The minimum Gasteiger partial charge on any atom is -0.462 e. The van der Waals surface area contributed by atoms with E-state index >= 15 is 0 Å². The van der Waals surface area contributed by atoms with Gasteiger partial charge in [-0.3, -0.25) is 28.5 Å². The number of aliphatic hydroxyl groups is 1. The number of ether oxygens (including phenoxy) is 3. The second-order valence-corrected chi connectivity index (χ2v) is 10.7. The lowest BCUT2D eigenvalue weighted by molar-refractivity contribution is -0.176. The topological polar surface area (TPSA) is 184 Å². The van der Waals surface area contributed by atoms with Gasteiger partial charge in [0.1, 0.15) is 24.0 Å². The molecule has 1 fully saturated rings. The molecule has 0 spiro atoms. The van der Waals surface area contributed by atoms with Gasteiger partial charge in [0.2, 0.25) is 0 Å². The molecule has 3 N–H and O–H groups in total. The number of benzene rings is 1. The van der Waals surface area contributed by atoms with Crippen LogP contribution >= 0.6 is 7.75 Å². The minimum atomic E-state index is -4.81. The van der Waals surface area contributed by atoms with Gasteiger partial charge < -0.3 is 23.8 Å². The Bertz CT molecular complexity index is 1420. The lowest BCUT2D eigenvalue weighted by Gasteiger charge is -2.32. The number of aliphatic hydroxyl groups excluding tert-OH is 1. The Balaban J connectivity index is 2.00. The number of carbonyl (C=O) groups is 2. The first kappa shape index (κ1) is 27.3. The van der Waals surface area contributed by atoms with Crippen LogP contribution < -0.4 is 20.9 Å². The van der Waals surface area contributed by atoms with E-state index in [4.69, 9.17) is 26.0 Å². The molecule has 0 aliphatic carbocycles. The lowest BCUT2D eigenvalue weighted by atomic mass is 9.96. The normalized spacial score (nSPS) is 26.2. The van der Waals surface area contributed by atoms with E-state index in [1.807, 2.05) is 4.98 Å². The quantitative estimate of drug-likeness (QED) is 0.259. The largest absolute Gasteiger partial charge is 0.462 e. The van der Waals surface area contributed by atoms with Crippen LogP contribution in [0.15, 0.2) is 52.2 Å². The standard InChI is InChI=1S/C24H32N3O11P/c1-14(2)35-21(31)15(3)26-39(33,38-17-9-7-6-8-10-17)34-13-18-20(30)24(5,37-16(4)28)22(36-18)27-12-11-19(29)25-23(27)32/h6-12,14-15,18,20,22,30H,13H2,1-5H3,(H,26,33)(H,25,29,32)/t15-,18+,20+,22+,24+,39-/m0/s1/i13D2. The first-order valence-corrected chi connectivity index (χ1v) is 13.4. The van der Waals surface area contributed by atoms with E-state index in [1.165, 1.54) is 26.0 Å². The molecular formula is C24H32N3O11P. The number of hydrogen-bond acceptors (Lipinski definition) is 11. The molecule has 0 amide bonds. The summed E-state index contributed by atoms with van der Waals surface area (Å²) >= 11 is 0. The maximum atomic E-state index is 13.9. The predicted molar refractivity (Wildman–Crippen MR) is 136 cm³/mol. The molecule has 0 bridgehead atoms. The molecule has 1 aliphatic rings. The van der Waals surface area contributed by atoms with Crippen LogP contribution in [0, 0.1) is 0 Å². The average molecular weight is 572 g/mol. The Hall–Kier alpha value is -3.29. The maximum absolute atomic E-state index is 13.9. The molecule has 6 atom stereocenters. The summed E-state index contributed by atoms with van der Waals surface area (Å²) in [7, 11) is -4.81. The van der Waals surface area contributed by atoms with Gasteiger partial charge in [-0.15, -0.1) is 0 Å². The van der Waals surface area contributed by atoms with Crippen molar-refractivity contribution >= 4 is 19.7 Å². The third kappa shape index (κ3) is 7.43. The number of H-pyrrole nitrogens is 1. The van der Waals surface area contributed by atoms with Crippen LogP contribution in [0.3, 0.4) is 0 Å². The Kier molecular flexibility index (Phi) is 8.58. The fraction of sp³-hybridized carbons (Fsp3) is 0.500. The smallest absolute Gasteiger partial charge is 0.459 e. The van der Waals surface area contributed by atoms with Gasteiger partial charge in [-0.2, -0.15) is 5.09 Å². The Morgan fingerprint density at radius 1 is 1.26 bits per heavy atom. The Morgan fingerprint density at radius 2 is 1.92 bits per heavy atom. The SMILES string of the molecule is [2H]C([2H])(O[P@@](=O)(N[C@@H](C)C(=O)OC(C)C)Oc1ccccc1)[C@H]1O[C@@H](n2ccc(=O)[nH]c2=O)[C@](C)(OC(C)=O)[C@@H]1O. The lowest BCUT2D eigenvalue weighted by Crippen LogP contribution is -2.49. The molecule has 1 aromatic heterocycles. The fourth-order valence-electron chi connectivity index (χ4n) is 3.70. The first-order valence-electron chi connectivity index (χ1n) is 12.9. The second-order valence-electron chi connectivity index (χ2n) is 9.10. The fourth-order valence-corrected chi connectivity index (χ4v) is 5.06. The van der Waals surface area contributed by atoms with Crippen molar-refractivity contribution in [2.75, 3.05) is 6.56 Å². The molecule has 1 saturated heterocycles. The third-order valence-corrected chi connectivity index (χ3v) is 6.92. The number of nitrogens with zero attached hydrogens (tertiary/aromatic N) is 1. The van der Waals surface area contributed by atoms with Gasteiger partial charge in [0.25, 0.3) is 5.56 Å². The Labute approximate surface area is 226 Å². The van der Waals surface area contributed by atoms with Crippen molar-refractivity contribution in [1.82, 2.24) is 14.6 Å². The van der Waals surface area contributed by atoms with Crippen molar-refractivity contribution in [2.45, 2.75) is 70.8 Å². The average Bonchev–Trinajstić information content (AvgIpc) is 3.09. The van der Waals surface area contributed by atoms with Crippen molar-refractivity contribution in [2.24, 2.45) is 0 Å². The first-order chi connectivity index (χ1) is 19.0. The van der Waals surface area contributed by atoms with E-state index in [2.05, 4.69) is 5.09 Å². The van der Waals surface area contributed by atoms with Gasteiger partial charge in [0.05, 0.1) is 15.4 Å². The number of carbonyl (C=O) groups excluding carboxylic acids is 2. The summed E-state index contributed by atoms with van der Waals surface area (Å²) in [4.78, 5) is 50.4. The summed E-state index contributed by atoms with van der Waals surface area (Å²) in [5.74, 6) is -1.76. The number of rotatable bonds is 11. The summed E-state index contributed by atoms with van der Waals surface area (Å²) in [5.41, 5.74) is -3.85. The summed E-state index contributed by atoms with van der Waals surface area (Å²) in [6.07, 6.45) is -5.24. The molecule has 1 aromatic carbocycles. The number of hydrogen-bond donors (Lipinski definition) is 3. The summed E-state index contributed by atoms with van der Waals surface area (Å²) in [5, 5.41) is 13.5. The highest BCUT2D eigenvalue weighted by Crippen LogP contribution is 2.47. The van der Waals surface area contributed by atoms with E-state index in [-0.39, 0.29) is 5.75 Å². The Morgan fingerprint density at radius 3 is 2.51 bits per heavy atom. The van der Waals surface area contributed by atoms with Crippen LogP contribution in [-0.2, 0) is 32.9 Å². The van der Waals surface area contributed by atoms with Gasteiger partial charge in [-0.05, 0) is 39.8 Å². The molecule has 39 heavy (non-hydrogen) atoms. The van der Waals surface area contributed by atoms with E-state index in [0.29, 0.717) is 0 Å². The monoisotopic (exact) mass is 571 g/mol. The summed E-state index contributed by atoms with van der Waals surface area (Å²) in [6.45, 7) is 3.51. The summed E-state index contributed by atoms with van der Waals surface area (Å²) < 4.78 is 58.8. The molecule has 14 nitrogen and oxygen atoms in total. The molecule has 2 heterocycles. The molecule has 0 radical (unpaired) electrons. The zero-order valence-corrected chi connectivity index (χ0v) is 22.7. The van der Waals surface area contributed by atoms with E-state index in [1.54, 1.807) is 32.0 Å². The van der Waals surface area contributed by atoms with Crippen LogP contribution in [0.1, 0.15) is 43.6 Å². The van der Waals surface area contributed by atoms with Gasteiger partial charge in [0.15, 0.2) is 11.8 Å². The maximum Gasteiger partial charge on any atom is 0.459 e. The number of nitrogens with one attached hydrogen (secondary N) is 2. The van der Waals surface area contributed by atoms with Crippen LogP contribution in [0.2, 0.25) is 0 Å². The van der Waals surface area contributed by atoms with Gasteiger partial charge in [-0.25, -0.2) is 9.36 Å². The van der Waals surface area contributed by atoms with Crippen molar-refractivity contribution in [1.29, 1.82) is 0 Å². The minimum absolute atomic E-state index is 0.0149. The predicted octanol–water partition coefficient (Wildman–Crippen LogP) is 1.25. The number of aromatic amines is 1. The molecule has 15 heteroatoms. The van der Waals surface area contributed by atoms with Gasteiger partial charge in [0, 0.05) is 19.2 Å². The summed E-state index contributed by atoms with van der Waals surface area (Å²) in [6, 6.07) is 7.20. The zero-order chi connectivity index (χ0) is 30.8. The molecular weight excluding hydrogens is 537 g/mol. The van der Waals surface area contributed by atoms with Gasteiger partial charge in [-0.1, -0.05) is 18.2 Å². The molecule has 0 saturated carbocycles. The van der Waals surface area contributed by atoms with Crippen LogP contribution in [0.4, 0.5) is 0 Å². The van der Waals surface area contributed by atoms with Gasteiger partial charge >= 0.3 is 25.4 Å². The van der Waals surface area contributed by atoms with E-state index in [9.17, 15) is 28.8 Å². The molecule has 3 rings (SSSR count). The molecule has 0 unspecified atom stereocenters.